The molecule has 1 heterocycles. The molecule has 0 aliphatic carbocycles. The van der Waals surface area contributed by atoms with Gasteiger partial charge in [-0.15, -0.1) is 0 Å². The van der Waals surface area contributed by atoms with E-state index in [1.807, 2.05) is 61.5 Å². The maximum atomic E-state index is 12.9. The number of amides is 2. The fourth-order valence-corrected chi connectivity index (χ4v) is 5.26. The number of nitrogens with zero attached hydrogens (tertiary/aromatic N) is 2. The second-order valence-electron chi connectivity index (χ2n) is 6.60. The van der Waals surface area contributed by atoms with Crippen LogP contribution in [0.5, 0.6) is 0 Å². The Morgan fingerprint density at radius 2 is 1.70 bits per heavy atom. The third-order valence-electron chi connectivity index (χ3n) is 4.42. The maximum absolute atomic E-state index is 12.9. The highest BCUT2D eigenvalue weighted by Gasteiger charge is 2.25. The van der Waals surface area contributed by atoms with Gasteiger partial charge in [-0.2, -0.15) is 0 Å². The number of anilines is 2. The van der Waals surface area contributed by atoms with Crippen LogP contribution in [-0.4, -0.2) is 33.0 Å². The smallest absolute Gasteiger partial charge is 0.307 e. The number of hydrogen-bond acceptors (Lipinski definition) is 5. The normalized spacial score (nSPS) is 11.3. The summed E-state index contributed by atoms with van der Waals surface area (Å²) in [5.41, 5.74) is 3.17. The highest BCUT2D eigenvalue weighted by atomic mass is 32.2. The van der Waals surface area contributed by atoms with E-state index in [0.29, 0.717) is 29.5 Å². The van der Waals surface area contributed by atoms with Gasteiger partial charge in [-0.3, -0.25) is 4.90 Å². The van der Waals surface area contributed by atoms with Crippen molar-refractivity contribution in [2.24, 2.45) is 0 Å². The summed E-state index contributed by atoms with van der Waals surface area (Å²) in [6.45, 7) is 3.98. The molecule has 0 radical (unpaired) electrons. The van der Waals surface area contributed by atoms with Crippen molar-refractivity contribution >= 4 is 38.2 Å². The quantitative estimate of drug-likeness (QED) is 0.562. The van der Waals surface area contributed by atoms with Gasteiger partial charge in [-0.05, 0) is 43.7 Å². The summed E-state index contributed by atoms with van der Waals surface area (Å²) >= 11 is 0.981. The molecule has 0 unspecified atom stereocenters. The minimum Gasteiger partial charge on any atom is -0.307 e. The zero-order chi connectivity index (χ0) is 21.7. The van der Waals surface area contributed by atoms with E-state index in [0.717, 1.165) is 22.5 Å². The van der Waals surface area contributed by atoms with Crippen LogP contribution in [0.1, 0.15) is 19.0 Å². The van der Waals surface area contributed by atoms with Crippen molar-refractivity contribution in [2.75, 3.05) is 23.8 Å². The van der Waals surface area contributed by atoms with Crippen LogP contribution < -0.4 is 14.9 Å². The average molecular weight is 445 g/mol. The molecular weight excluding hydrogens is 420 g/mol. The Hall–Kier alpha value is -2.75. The second kappa shape index (κ2) is 9.38. The minimum atomic E-state index is -3.62. The van der Waals surface area contributed by atoms with Crippen LogP contribution in [0.3, 0.4) is 0 Å². The summed E-state index contributed by atoms with van der Waals surface area (Å²) in [4.78, 5) is 18.7. The van der Waals surface area contributed by atoms with Crippen LogP contribution >= 0.6 is 11.3 Å². The first-order chi connectivity index (χ1) is 14.4. The van der Waals surface area contributed by atoms with E-state index in [2.05, 4.69) is 15.0 Å². The van der Waals surface area contributed by atoms with Crippen molar-refractivity contribution < 1.29 is 13.2 Å². The molecule has 0 fully saturated rings. The first-order valence-corrected chi connectivity index (χ1v) is 11.8. The summed E-state index contributed by atoms with van der Waals surface area (Å²) in [6, 6.07) is 17.2. The van der Waals surface area contributed by atoms with E-state index in [9.17, 15) is 13.2 Å². The largest absolute Gasteiger partial charge is 0.328 e. The van der Waals surface area contributed by atoms with E-state index < -0.39 is 10.0 Å². The van der Waals surface area contributed by atoms with Gasteiger partial charge in [0.15, 0.2) is 9.34 Å². The third-order valence-corrected chi connectivity index (χ3v) is 7.63. The lowest BCUT2D eigenvalue weighted by atomic mass is 10.1. The Labute approximate surface area is 180 Å². The molecule has 2 aromatic carbocycles. The van der Waals surface area contributed by atoms with Crippen LogP contribution in [-0.2, 0) is 10.0 Å². The van der Waals surface area contributed by atoms with Gasteiger partial charge in [0.2, 0.25) is 0 Å². The lowest BCUT2D eigenvalue weighted by Gasteiger charge is -2.19. The number of benzene rings is 2. The lowest BCUT2D eigenvalue weighted by molar-refractivity contribution is 0.257. The van der Waals surface area contributed by atoms with E-state index in [-0.39, 0.29) is 10.2 Å². The van der Waals surface area contributed by atoms with Crippen molar-refractivity contribution in [3.05, 3.63) is 60.3 Å². The molecule has 158 valence electrons. The molecule has 0 bridgehead atoms. The SMILES string of the molecule is CCCN(C(=O)Nc1ccc(-c2ccccc2)cc1)c1nc(C)c(S(=O)(=O)NC)s1. The number of urea groups is 1. The molecule has 0 aliphatic rings. The molecule has 2 N–H and O–H groups in total. The van der Waals surface area contributed by atoms with Crippen LogP contribution in [0.2, 0.25) is 0 Å². The van der Waals surface area contributed by atoms with Gasteiger partial charge < -0.3 is 5.32 Å². The first kappa shape index (κ1) is 21.9. The summed E-state index contributed by atoms with van der Waals surface area (Å²) in [6.07, 6.45) is 0.701. The van der Waals surface area contributed by atoms with Crippen molar-refractivity contribution in [2.45, 2.75) is 24.5 Å². The van der Waals surface area contributed by atoms with Gasteiger partial charge in [0, 0.05) is 12.2 Å². The average Bonchev–Trinajstić information content (AvgIpc) is 3.15. The highest BCUT2D eigenvalue weighted by Crippen LogP contribution is 2.30. The fraction of sp³-hybridized carbons (Fsp3) is 0.238. The van der Waals surface area contributed by atoms with Crippen LogP contribution in [0.4, 0.5) is 15.6 Å². The number of thiazole rings is 1. The topological polar surface area (TPSA) is 91.4 Å². The van der Waals surface area contributed by atoms with Gasteiger partial charge in [0.05, 0.1) is 5.69 Å². The Bertz CT molecular complexity index is 1110. The fourth-order valence-electron chi connectivity index (χ4n) is 2.90. The standard InChI is InChI=1S/C21H24N4O3S2/c1-4-14-25(21-23-15(2)19(29-21)30(27,28)22-3)20(26)24-18-12-10-17(11-13-18)16-8-6-5-7-9-16/h5-13,22H,4,14H2,1-3H3,(H,24,26). The zero-order valence-corrected chi connectivity index (χ0v) is 18.7. The Morgan fingerprint density at radius 1 is 1.07 bits per heavy atom. The summed E-state index contributed by atoms with van der Waals surface area (Å²) in [5.74, 6) is 0. The number of carbonyl (C=O) groups excluding carboxylic acids is 1. The molecular formula is C21H24N4O3S2. The van der Waals surface area contributed by atoms with E-state index in [1.54, 1.807) is 6.92 Å². The summed E-state index contributed by atoms with van der Waals surface area (Å²) in [5, 5.41) is 3.22. The van der Waals surface area contributed by atoms with Gasteiger partial charge >= 0.3 is 6.03 Å². The molecule has 0 spiro atoms. The molecule has 0 saturated carbocycles. The molecule has 0 atom stereocenters. The Balaban J connectivity index is 1.80. The van der Waals surface area contributed by atoms with E-state index >= 15 is 0 Å². The number of aromatic nitrogens is 1. The molecule has 0 saturated heterocycles. The molecule has 2 amide bonds. The van der Waals surface area contributed by atoms with Gasteiger partial charge in [-0.1, -0.05) is 60.7 Å². The van der Waals surface area contributed by atoms with Gasteiger partial charge in [0.1, 0.15) is 0 Å². The monoisotopic (exact) mass is 444 g/mol. The van der Waals surface area contributed by atoms with Crippen LogP contribution in [0, 0.1) is 6.92 Å². The van der Waals surface area contributed by atoms with Crippen LogP contribution in [0.25, 0.3) is 11.1 Å². The first-order valence-electron chi connectivity index (χ1n) is 9.50. The number of nitrogens with one attached hydrogen (secondary N) is 2. The Kier molecular flexibility index (Phi) is 6.86. The molecule has 9 heteroatoms. The molecule has 30 heavy (non-hydrogen) atoms. The van der Waals surface area contributed by atoms with Gasteiger partial charge in [0.25, 0.3) is 10.0 Å². The van der Waals surface area contributed by atoms with E-state index in [4.69, 9.17) is 0 Å². The van der Waals surface area contributed by atoms with E-state index in [1.165, 1.54) is 11.9 Å². The van der Waals surface area contributed by atoms with Crippen molar-refractivity contribution in [3.63, 3.8) is 0 Å². The molecule has 3 rings (SSSR count). The third kappa shape index (κ3) is 4.86. The van der Waals surface area contributed by atoms with Crippen LogP contribution in [0.15, 0.2) is 58.8 Å². The molecule has 0 aliphatic heterocycles. The maximum Gasteiger partial charge on any atom is 0.328 e. The lowest BCUT2D eigenvalue weighted by Crippen LogP contribution is -2.35. The summed E-state index contributed by atoms with van der Waals surface area (Å²) in [7, 11) is -2.27. The zero-order valence-electron chi connectivity index (χ0n) is 17.0. The predicted molar refractivity (Wildman–Crippen MR) is 122 cm³/mol. The molecule has 1 aromatic heterocycles. The summed E-state index contributed by atoms with van der Waals surface area (Å²) < 4.78 is 26.7. The molecule has 3 aromatic rings. The minimum absolute atomic E-state index is 0.112. The van der Waals surface area contributed by atoms with Crippen molar-refractivity contribution in [1.82, 2.24) is 9.71 Å². The van der Waals surface area contributed by atoms with Crippen molar-refractivity contribution in [1.29, 1.82) is 0 Å². The predicted octanol–water partition coefficient (Wildman–Crippen LogP) is 4.48. The van der Waals surface area contributed by atoms with Crippen molar-refractivity contribution in [3.8, 4) is 11.1 Å². The highest BCUT2D eigenvalue weighted by molar-refractivity contribution is 7.91. The molecule has 7 nitrogen and oxygen atoms in total. The van der Waals surface area contributed by atoms with Gasteiger partial charge in [-0.25, -0.2) is 22.9 Å². The number of aryl methyl sites for hydroxylation is 1. The number of hydrogen-bond donors (Lipinski definition) is 2. The number of carbonyl (C=O) groups is 1. The number of sulfonamides is 1. The second-order valence-corrected chi connectivity index (χ2v) is 9.66. The Morgan fingerprint density at radius 3 is 2.30 bits per heavy atom. The number of rotatable bonds is 7.